The van der Waals surface area contributed by atoms with Gasteiger partial charge in [-0.05, 0) is 12.1 Å². The summed E-state index contributed by atoms with van der Waals surface area (Å²) in [5, 5.41) is 12.9. The zero-order valence-electron chi connectivity index (χ0n) is 12.0. The van der Waals surface area contributed by atoms with Gasteiger partial charge >= 0.3 is 6.09 Å². The van der Waals surface area contributed by atoms with Gasteiger partial charge in [0.2, 0.25) is 5.91 Å². The van der Waals surface area contributed by atoms with Crippen LogP contribution >= 0.6 is 0 Å². The van der Waals surface area contributed by atoms with Crippen LogP contribution in [0, 0.1) is 0 Å². The van der Waals surface area contributed by atoms with Crippen molar-refractivity contribution in [1.82, 2.24) is 25.3 Å². The van der Waals surface area contributed by atoms with Crippen molar-refractivity contribution in [3.05, 3.63) is 36.3 Å². The molecule has 22 heavy (non-hydrogen) atoms. The standard InChI is InChI=1S/C13H16N6O3/c1-22-13(21)17-11-8-16-19(18-11)9-12(20)15-7-5-10-4-2-3-6-14-10/h2-4,6,8H,5,7,9H2,1H3,(H,15,20)(H,17,18,21). The van der Waals surface area contributed by atoms with E-state index in [1.54, 1.807) is 6.20 Å². The maximum absolute atomic E-state index is 11.7. The molecule has 2 aromatic rings. The quantitative estimate of drug-likeness (QED) is 0.789. The summed E-state index contributed by atoms with van der Waals surface area (Å²) in [5.41, 5.74) is 0.907. The topological polar surface area (TPSA) is 111 Å². The number of amides is 2. The molecule has 2 amide bonds. The van der Waals surface area contributed by atoms with E-state index in [2.05, 4.69) is 30.6 Å². The lowest BCUT2D eigenvalue weighted by Gasteiger charge is -2.04. The molecule has 0 radical (unpaired) electrons. The Hall–Kier alpha value is -2.97. The van der Waals surface area contributed by atoms with Crippen molar-refractivity contribution < 1.29 is 14.3 Å². The van der Waals surface area contributed by atoms with Crippen LogP contribution in [0.5, 0.6) is 0 Å². The minimum absolute atomic E-state index is 0.0366. The maximum Gasteiger partial charge on any atom is 0.412 e. The molecule has 9 nitrogen and oxygen atoms in total. The highest BCUT2D eigenvalue weighted by Crippen LogP contribution is 1.99. The van der Waals surface area contributed by atoms with Crippen molar-refractivity contribution in [2.45, 2.75) is 13.0 Å². The van der Waals surface area contributed by atoms with Gasteiger partial charge in [-0.3, -0.25) is 15.1 Å². The number of anilines is 1. The summed E-state index contributed by atoms with van der Waals surface area (Å²) in [6.45, 7) is 0.440. The number of aromatic nitrogens is 4. The molecular weight excluding hydrogens is 288 g/mol. The minimum Gasteiger partial charge on any atom is -0.453 e. The van der Waals surface area contributed by atoms with Gasteiger partial charge in [0, 0.05) is 24.9 Å². The van der Waals surface area contributed by atoms with E-state index in [1.165, 1.54) is 18.1 Å². The number of nitrogens with one attached hydrogen (secondary N) is 2. The number of hydrogen-bond donors (Lipinski definition) is 2. The van der Waals surface area contributed by atoms with Crippen LogP contribution < -0.4 is 10.6 Å². The number of hydrogen-bond acceptors (Lipinski definition) is 6. The molecule has 2 heterocycles. The van der Waals surface area contributed by atoms with E-state index in [0.29, 0.717) is 13.0 Å². The molecule has 2 rings (SSSR count). The van der Waals surface area contributed by atoms with Gasteiger partial charge in [0.1, 0.15) is 6.54 Å². The third kappa shape index (κ3) is 4.85. The molecule has 0 aliphatic heterocycles. The van der Waals surface area contributed by atoms with E-state index < -0.39 is 6.09 Å². The molecule has 0 saturated heterocycles. The van der Waals surface area contributed by atoms with Gasteiger partial charge in [-0.2, -0.15) is 9.90 Å². The molecule has 0 saturated carbocycles. The second kappa shape index (κ2) is 7.72. The van der Waals surface area contributed by atoms with Gasteiger partial charge in [-0.25, -0.2) is 4.79 Å². The molecule has 0 fully saturated rings. The summed E-state index contributed by atoms with van der Waals surface area (Å²) in [6.07, 6.45) is 3.04. The lowest BCUT2D eigenvalue weighted by molar-refractivity contribution is -0.122. The first-order chi connectivity index (χ1) is 10.7. The monoisotopic (exact) mass is 304 g/mol. The third-order valence-corrected chi connectivity index (χ3v) is 2.67. The summed E-state index contributed by atoms with van der Waals surface area (Å²) in [7, 11) is 1.24. The fourth-order valence-electron chi connectivity index (χ4n) is 1.65. The Morgan fingerprint density at radius 1 is 1.36 bits per heavy atom. The first-order valence-corrected chi connectivity index (χ1v) is 6.59. The molecule has 0 unspecified atom stereocenters. The average molecular weight is 304 g/mol. The van der Waals surface area contributed by atoms with Gasteiger partial charge in [0.25, 0.3) is 0 Å². The molecule has 0 spiro atoms. The van der Waals surface area contributed by atoms with Crippen molar-refractivity contribution in [2.75, 3.05) is 19.0 Å². The summed E-state index contributed by atoms with van der Waals surface area (Å²) in [6, 6.07) is 5.63. The molecule has 116 valence electrons. The van der Waals surface area contributed by atoms with Gasteiger partial charge in [-0.1, -0.05) is 6.07 Å². The van der Waals surface area contributed by atoms with Crippen molar-refractivity contribution in [2.24, 2.45) is 0 Å². The largest absolute Gasteiger partial charge is 0.453 e. The van der Waals surface area contributed by atoms with Crippen LogP contribution in [0.25, 0.3) is 0 Å². The maximum atomic E-state index is 11.7. The van der Waals surface area contributed by atoms with Crippen LogP contribution in [0.2, 0.25) is 0 Å². The molecule has 0 aliphatic rings. The lowest BCUT2D eigenvalue weighted by Crippen LogP contribution is -2.30. The second-order valence-electron chi connectivity index (χ2n) is 4.30. The molecule has 2 aromatic heterocycles. The van der Waals surface area contributed by atoms with Crippen LogP contribution in [0.15, 0.2) is 30.6 Å². The predicted octanol–water partition coefficient (Wildman–Crippen LogP) is 0.210. The highest BCUT2D eigenvalue weighted by atomic mass is 16.5. The molecular formula is C13H16N6O3. The molecule has 0 bridgehead atoms. The SMILES string of the molecule is COC(=O)Nc1cnn(CC(=O)NCCc2ccccn2)n1. The summed E-state index contributed by atoms with van der Waals surface area (Å²) >= 11 is 0. The fraction of sp³-hybridized carbons (Fsp3) is 0.308. The number of carbonyl (C=O) groups excluding carboxylic acids is 2. The van der Waals surface area contributed by atoms with E-state index >= 15 is 0 Å². The summed E-state index contributed by atoms with van der Waals surface area (Å²) < 4.78 is 4.43. The van der Waals surface area contributed by atoms with Crippen molar-refractivity contribution in [3.8, 4) is 0 Å². The fourth-order valence-corrected chi connectivity index (χ4v) is 1.65. The number of methoxy groups -OCH3 is 1. The minimum atomic E-state index is -0.646. The van der Waals surface area contributed by atoms with Gasteiger partial charge in [-0.15, -0.1) is 5.10 Å². The number of nitrogens with zero attached hydrogens (tertiary/aromatic N) is 4. The van der Waals surface area contributed by atoms with E-state index in [0.717, 1.165) is 5.69 Å². The van der Waals surface area contributed by atoms with Crippen LogP contribution in [0.3, 0.4) is 0 Å². The Morgan fingerprint density at radius 2 is 2.23 bits per heavy atom. The molecule has 0 atom stereocenters. The third-order valence-electron chi connectivity index (χ3n) is 2.67. The van der Waals surface area contributed by atoms with Gasteiger partial charge in [0.15, 0.2) is 5.82 Å². The summed E-state index contributed by atoms with van der Waals surface area (Å²) in [4.78, 5) is 28.1. The number of carbonyl (C=O) groups is 2. The molecule has 2 N–H and O–H groups in total. The zero-order valence-corrected chi connectivity index (χ0v) is 12.0. The Bertz CT molecular complexity index is 628. The highest BCUT2D eigenvalue weighted by Gasteiger charge is 2.08. The van der Waals surface area contributed by atoms with E-state index in [1.807, 2.05) is 18.2 Å². The highest BCUT2D eigenvalue weighted by molar-refractivity contribution is 5.82. The van der Waals surface area contributed by atoms with E-state index in [-0.39, 0.29) is 18.3 Å². The van der Waals surface area contributed by atoms with E-state index in [9.17, 15) is 9.59 Å². The second-order valence-corrected chi connectivity index (χ2v) is 4.30. The van der Waals surface area contributed by atoms with Crippen molar-refractivity contribution in [3.63, 3.8) is 0 Å². The molecule has 9 heteroatoms. The Morgan fingerprint density at radius 3 is 2.95 bits per heavy atom. The van der Waals surface area contributed by atoms with Gasteiger partial charge in [0.05, 0.1) is 13.3 Å². The Kier molecular flexibility index (Phi) is 5.41. The van der Waals surface area contributed by atoms with Crippen LogP contribution in [-0.4, -0.2) is 45.6 Å². The van der Waals surface area contributed by atoms with Gasteiger partial charge < -0.3 is 10.1 Å². The van der Waals surface area contributed by atoms with Crippen LogP contribution in [0.1, 0.15) is 5.69 Å². The smallest absolute Gasteiger partial charge is 0.412 e. The Labute approximate surface area is 126 Å². The van der Waals surface area contributed by atoms with Crippen LogP contribution in [0.4, 0.5) is 10.6 Å². The lowest BCUT2D eigenvalue weighted by atomic mass is 10.3. The molecule has 0 aromatic carbocycles. The predicted molar refractivity (Wildman–Crippen MR) is 77.0 cm³/mol. The zero-order chi connectivity index (χ0) is 15.8. The average Bonchev–Trinajstić information content (AvgIpc) is 2.95. The summed E-state index contributed by atoms with van der Waals surface area (Å²) in [5.74, 6) is -0.00992. The van der Waals surface area contributed by atoms with Crippen LogP contribution in [-0.2, 0) is 22.5 Å². The molecule has 0 aliphatic carbocycles. The Balaban J connectivity index is 1.74. The number of ether oxygens (including phenoxy) is 1. The number of pyridine rings is 1. The van der Waals surface area contributed by atoms with Crippen molar-refractivity contribution >= 4 is 17.8 Å². The van der Waals surface area contributed by atoms with E-state index in [4.69, 9.17) is 0 Å². The van der Waals surface area contributed by atoms with Crippen molar-refractivity contribution in [1.29, 1.82) is 0 Å². The normalized spacial score (nSPS) is 10.0. The first-order valence-electron chi connectivity index (χ1n) is 6.59. The number of rotatable bonds is 6. The first kappa shape index (κ1) is 15.4.